The Morgan fingerprint density at radius 3 is 2.60 bits per heavy atom. The molecule has 0 saturated heterocycles. The Labute approximate surface area is 116 Å². The lowest BCUT2D eigenvalue weighted by Gasteiger charge is -2.07. The van der Waals surface area contributed by atoms with E-state index in [0.717, 1.165) is 6.07 Å². The number of nitrogens with zero attached hydrogens (tertiary/aromatic N) is 2. The predicted octanol–water partition coefficient (Wildman–Crippen LogP) is 4.07. The highest BCUT2D eigenvalue weighted by molar-refractivity contribution is 6.17. The van der Waals surface area contributed by atoms with Gasteiger partial charge in [-0.1, -0.05) is 0 Å². The number of alkyl halides is 4. The molecule has 0 atom stereocenters. The highest BCUT2D eigenvalue weighted by Gasteiger charge is 2.31. The summed E-state index contributed by atoms with van der Waals surface area (Å²) < 4.78 is 56.5. The van der Waals surface area contributed by atoms with Crippen molar-refractivity contribution in [2.24, 2.45) is 0 Å². The summed E-state index contributed by atoms with van der Waals surface area (Å²) in [7, 11) is 0. The van der Waals surface area contributed by atoms with Gasteiger partial charge in [0.15, 0.2) is 0 Å². The zero-order valence-corrected chi connectivity index (χ0v) is 10.8. The van der Waals surface area contributed by atoms with Gasteiger partial charge >= 0.3 is 6.18 Å². The summed E-state index contributed by atoms with van der Waals surface area (Å²) in [4.78, 5) is 0. The largest absolute Gasteiger partial charge is 0.421 e. The average molecular weight is 309 g/mol. The molecule has 3 nitrogen and oxygen atoms in total. The van der Waals surface area contributed by atoms with Crippen LogP contribution in [-0.4, -0.2) is 16.1 Å². The second kappa shape index (κ2) is 5.78. The van der Waals surface area contributed by atoms with Crippen molar-refractivity contribution in [1.29, 1.82) is 0 Å². The molecule has 0 radical (unpaired) electrons. The minimum Gasteiger partial charge on any atom is -0.421 e. The van der Waals surface area contributed by atoms with Crippen molar-refractivity contribution in [1.82, 2.24) is 10.2 Å². The molecule has 20 heavy (non-hydrogen) atoms. The first-order chi connectivity index (χ1) is 9.41. The van der Waals surface area contributed by atoms with Crippen molar-refractivity contribution < 1.29 is 22.0 Å². The number of aromatic nitrogens is 2. The summed E-state index contributed by atoms with van der Waals surface area (Å²) in [6.07, 6.45) is -3.60. The van der Waals surface area contributed by atoms with Crippen molar-refractivity contribution in [2.75, 3.05) is 5.88 Å². The molecule has 0 fully saturated rings. The molecule has 0 amide bonds. The Hall–Kier alpha value is -1.63. The summed E-state index contributed by atoms with van der Waals surface area (Å²) in [6, 6.07) is 2.03. The molecule has 0 N–H and O–H groups in total. The van der Waals surface area contributed by atoms with Crippen LogP contribution in [0.15, 0.2) is 22.6 Å². The van der Waals surface area contributed by atoms with Crippen molar-refractivity contribution in [2.45, 2.75) is 19.0 Å². The number of benzene rings is 1. The fourth-order valence-corrected chi connectivity index (χ4v) is 1.68. The van der Waals surface area contributed by atoms with Crippen LogP contribution in [0.5, 0.6) is 0 Å². The second-order valence-electron chi connectivity index (χ2n) is 3.99. The predicted molar refractivity (Wildman–Crippen MR) is 63.7 cm³/mol. The first-order valence-corrected chi connectivity index (χ1v) is 6.20. The maximum atomic E-state index is 13.6. The maximum absolute atomic E-state index is 13.6. The number of rotatable bonds is 4. The van der Waals surface area contributed by atoms with Gasteiger partial charge < -0.3 is 4.42 Å². The van der Waals surface area contributed by atoms with Gasteiger partial charge in [0.25, 0.3) is 5.89 Å². The van der Waals surface area contributed by atoms with E-state index < -0.39 is 17.6 Å². The lowest BCUT2D eigenvalue weighted by atomic mass is 10.1. The highest BCUT2D eigenvalue weighted by atomic mass is 35.5. The molecule has 108 valence electrons. The highest BCUT2D eigenvalue weighted by Crippen LogP contribution is 2.33. The van der Waals surface area contributed by atoms with Crippen LogP contribution in [0.1, 0.15) is 17.9 Å². The van der Waals surface area contributed by atoms with E-state index in [0.29, 0.717) is 30.9 Å². The van der Waals surface area contributed by atoms with E-state index in [4.69, 9.17) is 16.0 Å². The van der Waals surface area contributed by atoms with E-state index in [1.807, 2.05) is 0 Å². The quantitative estimate of drug-likeness (QED) is 0.631. The van der Waals surface area contributed by atoms with E-state index in [-0.39, 0.29) is 17.3 Å². The molecule has 0 saturated carbocycles. The van der Waals surface area contributed by atoms with E-state index in [9.17, 15) is 17.6 Å². The van der Waals surface area contributed by atoms with Crippen LogP contribution in [0.4, 0.5) is 17.6 Å². The topological polar surface area (TPSA) is 38.9 Å². The molecule has 0 bridgehead atoms. The van der Waals surface area contributed by atoms with Gasteiger partial charge in [-0.25, -0.2) is 4.39 Å². The molecular formula is C12H9ClF4N2O. The molecule has 0 unspecified atom stereocenters. The van der Waals surface area contributed by atoms with Gasteiger partial charge in [-0.05, 0) is 24.6 Å². The summed E-state index contributed by atoms with van der Waals surface area (Å²) in [5.74, 6) is -0.545. The van der Waals surface area contributed by atoms with Crippen LogP contribution in [0.25, 0.3) is 11.5 Å². The lowest BCUT2D eigenvalue weighted by Crippen LogP contribution is -2.05. The lowest BCUT2D eigenvalue weighted by molar-refractivity contribution is -0.137. The summed E-state index contributed by atoms with van der Waals surface area (Å²) in [5, 5.41) is 7.20. The van der Waals surface area contributed by atoms with Crippen molar-refractivity contribution in [3.05, 3.63) is 35.5 Å². The van der Waals surface area contributed by atoms with Crippen LogP contribution in [0, 0.1) is 5.82 Å². The first kappa shape index (κ1) is 14.8. The van der Waals surface area contributed by atoms with E-state index in [1.165, 1.54) is 0 Å². The van der Waals surface area contributed by atoms with Gasteiger partial charge in [-0.2, -0.15) is 13.2 Å². The van der Waals surface area contributed by atoms with Gasteiger partial charge in [0, 0.05) is 12.3 Å². The molecular weight excluding hydrogens is 300 g/mol. The summed E-state index contributed by atoms with van der Waals surface area (Å²) >= 11 is 5.50. The molecule has 0 aliphatic carbocycles. The monoisotopic (exact) mass is 308 g/mol. The molecule has 8 heteroatoms. The van der Waals surface area contributed by atoms with Gasteiger partial charge in [-0.15, -0.1) is 21.8 Å². The van der Waals surface area contributed by atoms with Crippen molar-refractivity contribution in [3.8, 4) is 11.5 Å². The van der Waals surface area contributed by atoms with Crippen molar-refractivity contribution >= 4 is 11.6 Å². The van der Waals surface area contributed by atoms with Gasteiger partial charge in [0.2, 0.25) is 5.89 Å². The molecule has 2 aromatic rings. The smallest absolute Gasteiger partial charge is 0.416 e. The average Bonchev–Trinajstić information content (AvgIpc) is 2.84. The fourth-order valence-electron chi connectivity index (χ4n) is 1.55. The Balaban J connectivity index is 2.34. The maximum Gasteiger partial charge on any atom is 0.416 e. The second-order valence-corrected chi connectivity index (χ2v) is 4.36. The van der Waals surface area contributed by atoms with Crippen LogP contribution < -0.4 is 0 Å². The van der Waals surface area contributed by atoms with Crippen LogP contribution >= 0.6 is 11.6 Å². The minimum atomic E-state index is -4.57. The molecule has 1 heterocycles. The van der Waals surface area contributed by atoms with Gasteiger partial charge in [0.1, 0.15) is 5.82 Å². The molecule has 2 rings (SSSR count). The van der Waals surface area contributed by atoms with E-state index in [1.54, 1.807) is 0 Å². The standard InChI is InChI=1S/C12H9ClF4N2O/c13-5-1-2-10-18-19-11(20-10)8-6-7(12(15,16)17)3-4-9(8)14/h3-4,6H,1-2,5H2. The number of halogens is 5. The zero-order valence-electron chi connectivity index (χ0n) is 10.0. The summed E-state index contributed by atoms with van der Waals surface area (Å²) in [6.45, 7) is 0. The fraction of sp³-hybridized carbons (Fsp3) is 0.333. The first-order valence-electron chi connectivity index (χ1n) is 5.67. The van der Waals surface area contributed by atoms with Crippen LogP contribution in [-0.2, 0) is 12.6 Å². The SMILES string of the molecule is Fc1ccc(C(F)(F)F)cc1-c1nnc(CCCCl)o1. The van der Waals surface area contributed by atoms with Gasteiger partial charge in [0.05, 0.1) is 11.1 Å². The normalized spacial score (nSPS) is 11.8. The van der Waals surface area contributed by atoms with Crippen molar-refractivity contribution in [3.63, 3.8) is 0 Å². The third-order valence-electron chi connectivity index (χ3n) is 2.52. The third-order valence-corrected chi connectivity index (χ3v) is 2.78. The molecule has 1 aromatic heterocycles. The van der Waals surface area contributed by atoms with Crippen LogP contribution in [0.2, 0.25) is 0 Å². The zero-order chi connectivity index (χ0) is 14.8. The molecule has 0 spiro atoms. The Morgan fingerprint density at radius 2 is 1.95 bits per heavy atom. The number of hydrogen-bond donors (Lipinski definition) is 0. The van der Waals surface area contributed by atoms with Crippen LogP contribution in [0.3, 0.4) is 0 Å². The Kier molecular flexibility index (Phi) is 4.27. The van der Waals surface area contributed by atoms with Gasteiger partial charge in [-0.3, -0.25) is 0 Å². The number of hydrogen-bond acceptors (Lipinski definition) is 3. The third kappa shape index (κ3) is 3.27. The molecule has 0 aliphatic rings. The molecule has 1 aromatic carbocycles. The minimum absolute atomic E-state index is 0.206. The number of aryl methyl sites for hydroxylation is 1. The van der Waals surface area contributed by atoms with E-state index in [2.05, 4.69) is 10.2 Å². The molecule has 0 aliphatic heterocycles. The Morgan fingerprint density at radius 1 is 1.20 bits per heavy atom. The Bertz CT molecular complexity index is 597. The summed E-state index contributed by atoms with van der Waals surface area (Å²) in [5.41, 5.74) is -1.35. The van der Waals surface area contributed by atoms with E-state index >= 15 is 0 Å².